The predicted molar refractivity (Wildman–Crippen MR) is 82.4 cm³/mol. The lowest BCUT2D eigenvalue weighted by Gasteiger charge is -2.33. The van der Waals surface area contributed by atoms with Crippen molar-refractivity contribution in [2.75, 3.05) is 11.4 Å². The van der Waals surface area contributed by atoms with Gasteiger partial charge >= 0.3 is 0 Å². The second-order valence-electron chi connectivity index (χ2n) is 5.18. The first-order chi connectivity index (χ1) is 9.13. The van der Waals surface area contributed by atoms with Crippen molar-refractivity contribution in [3.8, 4) is 0 Å². The van der Waals surface area contributed by atoms with Crippen molar-refractivity contribution in [3.05, 3.63) is 28.8 Å². The van der Waals surface area contributed by atoms with Crippen molar-refractivity contribution in [2.24, 2.45) is 5.73 Å². The lowest BCUT2D eigenvalue weighted by molar-refractivity contribution is 0.556. The highest BCUT2D eigenvalue weighted by molar-refractivity contribution is 6.31. The van der Waals surface area contributed by atoms with Gasteiger partial charge in [-0.3, -0.25) is 5.41 Å². The summed E-state index contributed by atoms with van der Waals surface area (Å²) in [4.78, 5) is 2.40. The van der Waals surface area contributed by atoms with Crippen LogP contribution in [0.2, 0.25) is 5.02 Å². The largest absolute Gasteiger partial charge is 0.384 e. The molecule has 3 N–H and O–H groups in total. The third-order valence-corrected chi connectivity index (χ3v) is 4.14. The van der Waals surface area contributed by atoms with Crippen LogP contribution in [0.5, 0.6) is 0 Å². The third kappa shape index (κ3) is 3.21. The van der Waals surface area contributed by atoms with E-state index >= 15 is 0 Å². The Labute approximate surface area is 120 Å². The van der Waals surface area contributed by atoms with E-state index in [1.165, 1.54) is 25.7 Å². The van der Waals surface area contributed by atoms with Crippen molar-refractivity contribution >= 4 is 23.1 Å². The number of nitrogens with one attached hydrogen (secondary N) is 1. The van der Waals surface area contributed by atoms with E-state index in [1.54, 1.807) is 6.07 Å². The molecule has 1 heterocycles. The average Bonchev–Trinajstić information content (AvgIpc) is 2.63. The van der Waals surface area contributed by atoms with Gasteiger partial charge in [0.2, 0.25) is 0 Å². The minimum atomic E-state index is 0.116. The van der Waals surface area contributed by atoms with E-state index < -0.39 is 0 Å². The van der Waals surface area contributed by atoms with Crippen molar-refractivity contribution < 1.29 is 0 Å². The van der Waals surface area contributed by atoms with Crippen LogP contribution >= 0.6 is 11.6 Å². The Bertz CT molecular complexity index is 459. The van der Waals surface area contributed by atoms with E-state index in [0.29, 0.717) is 11.1 Å². The summed E-state index contributed by atoms with van der Waals surface area (Å²) in [6, 6.07) is 6.14. The first kappa shape index (κ1) is 14.2. The van der Waals surface area contributed by atoms with E-state index in [0.717, 1.165) is 24.2 Å². The summed E-state index contributed by atoms with van der Waals surface area (Å²) >= 11 is 6.13. The minimum Gasteiger partial charge on any atom is -0.384 e. The molecule has 1 aliphatic heterocycles. The number of hydrogen-bond acceptors (Lipinski definition) is 2. The van der Waals surface area contributed by atoms with Crippen LogP contribution in [0.3, 0.4) is 0 Å². The Kier molecular flexibility index (Phi) is 4.70. The normalized spacial score (nSPS) is 20.1. The molecule has 0 saturated carbocycles. The molecule has 2 rings (SSSR count). The summed E-state index contributed by atoms with van der Waals surface area (Å²) in [7, 11) is 0. The molecule has 4 heteroatoms. The van der Waals surface area contributed by atoms with Crippen molar-refractivity contribution in [1.29, 1.82) is 5.41 Å². The Hall–Kier alpha value is -1.22. The highest BCUT2D eigenvalue weighted by Gasteiger charge is 2.22. The van der Waals surface area contributed by atoms with Crippen LogP contribution < -0.4 is 10.6 Å². The molecule has 1 aliphatic rings. The second kappa shape index (κ2) is 6.29. The van der Waals surface area contributed by atoms with E-state index in [1.807, 2.05) is 12.1 Å². The van der Waals surface area contributed by atoms with Crippen molar-refractivity contribution in [3.63, 3.8) is 0 Å². The molecule has 1 aromatic rings. The number of nitrogens with zero attached hydrogens (tertiary/aromatic N) is 1. The van der Waals surface area contributed by atoms with Gasteiger partial charge in [-0.25, -0.2) is 0 Å². The van der Waals surface area contributed by atoms with Crippen LogP contribution in [0.1, 0.15) is 44.6 Å². The molecule has 3 nitrogen and oxygen atoms in total. The quantitative estimate of drug-likeness (QED) is 0.653. The fourth-order valence-corrected chi connectivity index (χ4v) is 3.06. The van der Waals surface area contributed by atoms with Crippen LogP contribution in [-0.4, -0.2) is 18.4 Å². The molecule has 104 valence electrons. The fraction of sp³-hybridized carbons (Fsp3) is 0.533. The Morgan fingerprint density at radius 1 is 1.42 bits per heavy atom. The van der Waals surface area contributed by atoms with E-state index in [9.17, 15) is 0 Å². The predicted octanol–water partition coefficient (Wildman–Crippen LogP) is 3.78. The molecule has 1 atom stereocenters. The van der Waals surface area contributed by atoms with Crippen LogP contribution in [-0.2, 0) is 0 Å². The SMILES string of the molecule is CCC1CCCCCN1c1cc(Cl)ccc1C(=N)N. The summed E-state index contributed by atoms with van der Waals surface area (Å²) in [6.45, 7) is 3.25. The topological polar surface area (TPSA) is 53.1 Å². The number of amidine groups is 1. The number of anilines is 1. The van der Waals surface area contributed by atoms with Gasteiger partial charge in [-0.2, -0.15) is 0 Å². The number of nitrogen functional groups attached to an aromatic ring is 1. The molecule has 0 amide bonds. The number of rotatable bonds is 3. The van der Waals surface area contributed by atoms with Crippen LogP contribution in [0, 0.1) is 5.41 Å². The number of halogens is 1. The lowest BCUT2D eigenvalue weighted by atomic mass is 10.0. The molecule has 0 aromatic heterocycles. The number of hydrogen-bond donors (Lipinski definition) is 2. The maximum absolute atomic E-state index is 7.75. The fourth-order valence-electron chi connectivity index (χ4n) is 2.89. The molecular formula is C15H22ClN3. The van der Waals surface area contributed by atoms with Crippen LogP contribution in [0.15, 0.2) is 18.2 Å². The molecule has 0 spiro atoms. The first-order valence-corrected chi connectivity index (χ1v) is 7.42. The molecule has 1 fully saturated rings. The summed E-state index contributed by atoms with van der Waals surface area (Å²) in [5.41, 5.74) is 7.53. The summed E-state index contributed by atoms with van der Waals surface area (Å²) in [6.07, 6.45) is 6.08. The molecule has 19 heavy (non-hydrogen) atoms. The zero-order valence-electron chi connectivity index (χ0n) is 11.5. The number of nitrogens with two attached hydrogens (primary N) is 1. The minimum absolute atomic E-state index is 0.116. The molecular weight excluding hydrogens is 258 g/mol. The van der Waals surface area contributed by atoms with Gasteiger partial charge in [0.15, 0.2) is 0 Å². The Morgan fingerprint density at radius 2 is 2.21 bits per heavy atom. The van der Waals surface area contributed by atoms with Gasteiger partial charge in [0.1, 0.15) is 5.84 Å². The molecule has 1 saturated heterocycles. The van der Waals surface area contributed by atoms with E-state index in [4.69, 9.17) is 22.7 Å². The lowest BCUT2D eigenvalue weighted by Crippen LogP contribution is -2.36. The van der Waals surface area contributed by atoms with E-state index in [2.05, 4.69) is 11.8 Å². The standard InChI is InChI=1S/C15H22ClN3/c1-2-12-6-4-3-5-9-19(12)14-10-11(16)7-8-13(14)15(17)18/h7-8,10,12H,2-6,9H2,1H3,(H3,17,18). The highest BCUT2D eigenvalue weighted by atomic mass is 35.5. The summed E-state index contributed by atoms with van der Waals surface area (Å²) in [5.74, 6) is 0.116. The average molecular weight is 280 g/mol. The summed E-state index contributed by atoms with van der Waals surface area (Å²) in [5, 5.41) is 8.46. The van der Waals surface area contributed by atoms with Gasteiger partial charge in [-0.1, -0.05) is 31.4 Å². The maximum atomic E-state index is 7.75. The summed E-state index contributed by atoms with van der Waals surface area (Å²) < 4.78 is 0. The molecule has 0 bridgehead atoms. The van der Waals surface area contributed by atoms with Crippen LogP contribution in [0.4, 0.5) is 5.69 Å². The first-order valence-electron chi connectivity index (χ1n) is 7.04. The number of benzene rings is 1. The highest BCUT2D eigenvalue weighted by Crippen LogP contribution is 2.30. The van der Waals surface area contributed by atoms with E-state index in [-0.39, 0.29) is 5.84 Å². The van der Waals surface area contributed by atoms with Gasteiger partial charge in [-0.15, -0.1) is 0 Å². The molecule has 0 radical (unpaired) electrons. The smallest absolute Gasteiger partial charge is 0.124 e. The van der Waals surface area contributed by atoms with Crippen molar-refractivity contribution in [2.45, 2.75) is 45.1 Å². The van der Waals surface area contributed by atoms with Crippen LogP contribution in [0.25, 0.3) is 0 Å². The molecule has 0 aliphatic carbocycles. The van der Waals surface area contributed by atoms with Gasteiger partial charge in [-0.05, 0) is 37.5 Å². The van der Waals surface area contributed by atoms with Gasteiger partial charge in [0, 0.05) is 28.9 Å². The van der Waals surface area contributed by atoms with Crippen molar-refractivity contribution in [1.82, 2.24) is 0 Å². The third-order valence-electron chi connectivity index (χ3n) is 3.91. The zero-order chi connectivity index (χ0) is 13.8. The molecule has 1 unspecified atom stereocenters. The monoisotopic (exact) mass is 279 g/mol. The Morgan fingerprint density at radius 3 is 2.89 bits per heavy atom. The molecule has 1 aromatic carbocycles. The van der Waals surface area contributed by atoms with Gasteiger partial charge in [0.05, 0.1) is 0 Å². The maximum Gasteiger partial charge on any atom is 0.124 e. The van der Waals surface area contributed by atoms with Gasteiger partial charge in [0.25, 0.3) is 0 Å². The zero-order valence-corrected chi connectivity index (χ0v) is 12.2. The Balaban J connectivity index is 2.42. The second-order valence-corrected chi connectivity index (χ2v) is 5.62. The van der Waals surface area contributed by atoms with Gasteiger partial charge < -0.3 is 10.6 Å².